The molecule has 0 aromatic heterocycles. The van der Waals surface area contributed by atoms with E-state index in [1.54, 1.807) is 42.7 Å². The van der Waals surface area contributed by atoms with Crippen LogP contribution in [-0.2, 0) is 4.79 Å². The van der Waals surface area contributed by atoms with Gasteiger partial charge < -0.3 is 0 Å². The summed E-state index contributed by atoms with van der Waals surface area (Å²) in [6, 6.07) is 7.21. The molecule has 1 aromatic rings. The fraction of sp³-hybridized carbons (Fsp3) is 0. The van der Waals surface area contributed by atoms with Crippen molar-refractivity contribution in [2.45, 2.75) is 0 Å². The minimum absolute atomic E-state index is 0.394. The summed E-state index contributed by atoms with van der Waals surface area (Å²) in [4.78, 5) is 10.6. The Hall–Kier alpha value is -2.22. The van der Waals surface area contributed by atoms with Gasteiger partial charge in [-0.25, -0.2) is 4.79 Å². The summed E-state index contributed by atoms with van der Waals surface area (Å²) in [5.41, 5.74) is 1.78. The van der Waals surface area contributed by atoms with Crippen LogP contribution in [0.2, 0.25) is 5.02 Å². The first kappa shape index (κ1) is 12.2. The second-order valence-corrected chi connectivity index (χ2v) is 3.95. The van der Waals surface area contributed by atoms with Gasteiger partial charge in [0.1, 0.15) is 11.7 Å². The summed E-state index contributed by atoms with van der Waals surface area (Å²) >= 11 is 5.77. The quantitative estimate of drug-likeness (QED) is 0.456. The monoisotopic (exact) mass is 256 g/mol. The summed E-state index contributed by atoms with van der Waals surface area (Å²) in [6.07, 6.45) is 8.49. The molecule has 0 fully saturated rings. The Labute approximate surface area is 110 Å². The van der Waals surface area contributed by atoms with Gasteiger partial charge in [-0.1, -0.05) is 35.9 Å². The van der Waals surface area contributed by atoms with Gasteiger partial charge in [0.2, 0.25) is 0 Å². The largest absolute Gasteiger partial charge is 0.233 e. The van der Waals surface area contributed by atoms with E-state index in [0.717, 1.165) is 5.56 Å². The molecule has 1 aromatic carbocycles. The van der Waals surface area contributed by atoms with Crippen molar-refractivity contribution in [3.63, 3.8) is 0 Å². The van der Waals surface area contributed by atoms with E-state index >= 15 is 0 Å². The molecule has 18 heavy (non-hydrogen) atoms. The van der Waals surface area contributed by atoms with E-state index in [-0.39, 0.29) is 0 Å². The molecule has 0 saturated heterocycles. The Balaban J connectivity index is 2.15. The summed E-state index contributed by atoms with van der Waals surface area (Å²) in [6.45, 7) is 0. The lowest BCUT2D eigenvalue weighted by atomic mass is 10.1. The Bertz CT molecular complexity index is 603. The van der Waals surface area contributed by atoms with Crippen LogP contribution in [0.5, 0.6) is 0 Å². The number of allylic oxidation sites excluding steroid dienone is 5. The standard InChI is InChI=1S/C14H9ClN2O/c15-13-7-5-11(6-8-13)9-16-17-14-4-2-1-3-12(14)10-18/h1-9H/b16-9-,17-14-. The molecule has 0 bridgehead atoms. The predicted octanol–water partition coefficient (Wildman–Crippen LogP) is 3.00. The van der Waals surface area contributed by atoms with Crippen molar-refractivity contribution in [2.24, 2.45) is 10.2 Å². The number of benzene rings is 1. The molecule has 3 nitrogen and oxygen atoms in total. The van der Waals surface area contributed by atoms with E-state index < -0.39 is 0 Å². The molecule has 0 spiro atoms. The van der Waals surface area contributed by atoms with Crippen LogP contribution in [0.1, 0.15) is 5.56 Å². The summed E-state index contributed by atoms with van der Waals surface area (Å²) in [5.74, 6) is 1.82. The van der Waals surface area contributed by atoms with Crippen LogP contribution in [0, 0.1) is 0 Å². The fourth-order valence-electron chi connectivity index (χ4n) is 1.35. The average molecular weight is 257 g/mol. The molecule has 0 heterocycles. The van der Waals surface area contributed by atoms with Crippen molar-refractivity contribution in [3.05, 3.63) is 64.7 Å². The maximum absolute atomic E-state index is 10.6. The maximum atomic E-state index is 10.6. The van der Waals surface area contributed by atoms with E-state index in [9.17, 15) is 4.79 Å². The first-order valence-corrected chi connectivity index (χ1v) is 5.64. The van der Waals surface area contributed by atoms with Gasteiger partial charge in [0.15, 0.2) is 0 Å². The van der Waals surface area contributed by atoms with E-state index in [0.29, 0.717) is 16.3 Å². The number of hydrogen-bond acceptors (Lipinski definition) is 3. The van der Waals surface area contributed by atoms with Gasteiger partial charge in [-0.05, 0) is 29.8 Å². The van der Waals surface area contributed by atoms with Crippen molar-refractivity contribution in [3.8, 4) is 0 Å². The van der Waals surface area contributed by atoms with Crippen molar-refractivity contribution in [1.82, 2.24) is 0 Å². The zero-order valence-corrected chi connectivity index (χ0v) is 10.1. The molecule has 0 unspecified atom stereocenters. The third kappa shape index (κ3) is 3.14. The van der Waals surface area contributed by atoms with Crippen LogP contribution in [-0.4, -0.2) is 17.9 Å². The topological polar surface area (TPSA) is 41.8 Å². The van der Waals surface area contributed by atoms with Crippen LogP contribution in [0.25, 0.3) is 0 Å². The molecule has 0 aliphatic heterocycles. The smallest absolute Gasteiger partial charge is 0.134 e. The van der Waals surface area contributed by atoms with Crippen molar-refractivity contribution in [1.29, 1.82) is 0 Å². The van der Waals surface area contributed by atoms with Crippen LogP contribution >= 0.6 is 11.6 Å². The van der Waals surface area contributed by atoms with Crippen LogP contribution in [0.4, 0.5) is 0 Å². The molecular weight excluding hydrogens is 248 g/mol. The van der Waals surface area contributed by atoms with Gasteiger partial charge in [-0.15, -0.1) is 5.10 Å². The average Bonchev–Trinajstić information content (AvgIpc) is 2.41. The maximum Gasteiger partial charge on any atom is 0.134 e. The van der Waals surface area contributed by atoms with Gasteiger partial charge in [-0.2, -0.15) is 5.10 Å². The highest BCUT2D eigenvalue weighted by Gasteiger charge is 2.03. The zero-order valence-electron chi connectivity index (χ0n) is 9.38. The third-order valence-corrected chi connectivity index (χ3v) is 2.51. The molecule has 2 rings (SSSR count). The van der Waals surface area contributed by atoms with Gasteiger partial charge in [0.05, 0.1) is 11.8 Å². The normalized spacial score (nSPS) is 16.5. The molecule has 0 radical (unpaired) electrons. The Morgan fingerprint density at radius 2 is 1.83 bits per heavy atom. The van der Waals surface area contributed by atoms with Crippen molar-refractivity contribution in [2.75, 3.05) is 0 Å². The molecule has 0 saturated carbocycles. The second-order valence-electron chi connectivity index (χ2n) is 3.52. The molecule has 0 amide bonds. The minimum Gasteiger partial charge on any atom is -0.233 e. The molecule has 88 valence electrons. The second kappa shape index (κ2) is 5.92. The zero-order chi connectivity index (χ0) is 12.8. The molecule has 0 N–H and O–H groups in total. The molecule has 1 aliphatic rings. The number of nitrogens with zero attached hydrogens (tertiary/aromatic N) is 2. The first-order valence-electron chi connectivity index (χ1n) is 5.26. The Morgan fingerprint density at radius 3 is 2.56 bits per heavy atom. The molecule has 0 atom stereocenters. The van der Waals surface area contributed by atoms with Crippen LogP contribution in [0.3, 0.4) is 0 Å². The predicted molar refractivity (Wildman–Crippen MR) is 74.0 cm³/mol. The van der Waals surface area contributed by atoms with Crippen LogP contribution in [0.15, 0.2) is 64.3 Å². The number of halogens is 1. The van der Waals surface area contributed by atoms with Crippen molar-refractivity contribution >= 4 is 29.5 Å². The summed E-state index contributed by atoms with van der Waals surface area (Å²) < 4.78 is 0. The van der Waals surface area contributed by atoms with Gasteiger partial charge in [0, 0.05) is 5.02 Å². The van der Waals surface area contributed by atoms with E-state index in [4.69, 9.17) is 11.6 Å². The summed E-state index contributed by atoms with van der Waals surface area (Å²) in [5, 5.41) is 8.57. The minimum atomic E-state index is 0.394. The highest BCUT2D eigenvalue weighted by atomic mass is 35.5. The summed E-state index contributed by atoms with van der Waals surface area (Å²) in [7, 11) is 0. The molecular formula is C14H9ClN2O. The lowest BCUT2D eigenvalue weighted by Crippen LogP contribution is -1.99. The lowest BCUT2D eigenvalue weighted by molar-refractivity contribution is 0.568. The highest BCUT2D eigenvalue weighted by molar-refractivity contribution is 6.30. The highest BCUT2D eigenvalue weighted by Crippen LogP contribution is 2.08. The third-order valence-electron chi connectivity index (χ3n) is 2.26. The Morgan fingerprint density at radius 1 is 1.11 bits per heavy atom. The van der Waals surface area contributed by atoms with Crippen molar-refractivity contribution < 1.29 is 4.79 Å². The van der Waals surface area contributed by atoms with E-state index in [1.807, 2.05) is 18.1 Å². The fourth-order valence-corrected chi connectivity index (χ4v) is 1.48. The number of rotatable bonds is 2. The Kier molecular flexibility index (Phi) is 4.02. The van der Waals surface area contributed by atoms with E-state index in [2.05, 4.69) is 10.2 Å². The number of carbonyl (C=O) groups excluding carboxylic acids is 1. The number of hydrogen-bond donors (Lipinski definition) is 0. The van der Waals surface area contributed by atoms with Gasteiger partial charge >= 0.3 is 0 Å². The lowest BCUT2D eigenvalue weighted by Gasteiger charge is -1.98. The van der Waals surface area contributed by atoms with Crippen LogP contribution < -0.4 is 0 Å². The van der Waals surface area contributed by atoms with Gasteiger partial charge in [0.25, 0.3) is 0 Å². The molecule has 1 aliphatic carbocycles. The first-order chi connectivity index (χ1) is 8.79. The SMILES string of the molecule is O=C=C1C=CC=C/C1=N/N=C\c1ccc(Cl)cc1. The van der Waals surface area contributed by atoms with Gasteiger partial charge in [-0.3, -0.25) is 0 Å². The molecule has 4 heteroatoms. The van der Waals surface area contributed by atoms with E-state index in [1.165, 1.54) is 0 Å².